The number of rotatable bonds is 13. The lowest BCUT2D eigenvalue weighted by atomic mass is 9.75. The van der Waals surface area contributed by atoms with Crippen molar-refractivity contribution in [1.29, 1.82) is 0 Å². The maximum Gasteiger partial charge on any atom is 0.137 e. The molecule has 0 amide bonds. The SMILES string of the molecule is CCC(CC)(CC)CCCCCCCCCc1cc2cc(Cl)cnc2[nH]1. The third kappa shape index (κ3) is 6.30. The Morgan fingerprint density at radius 3 is 2.15 bits per heavy atom. The highest BCUT2D eigenvalue weighted by Crippen LogP contribution is 2.36. The molecule has 2 nitrogen and oxygen atoms in total. The Bertz CT molecular complexity index is 634. The van der Waals surface area contributed by atoms with Crippen LogP contribution < -0.4 is 0 Å². The van der Waals surface area contributed by atoms with Crippen LogP contribution in [0.3, 0.4) is 0 Å². The molecule has 0 aliphatic carbocycles. The number of aryl methyl sites for hydroxylation is 1. The van der Waals surface area contributed by atoms with Gasteiger partial charge in [0.15, 0.2) is 0 Å². The quantitative estimate of drug-likeness (QED) is 0.351. The number of hydrogen-bond acceptors (Lipinski definition) is 1. The molecule has 3 heteroatoms. The highest BCUT2D eigenvalue weighted by atomic mass is 35.5. The summed E-state index contributed by atoms with van der Waals surface area (Å²) in [5.74, 6) is 0. The molecule has 0 fully saturated rings. The molecule has 0 bridgehead atoms. The monoisotopic (exact) mass is 376 g/mol. The highest BCUT2D eigenvalue weighted by Gasteiger charge is 2.22. The first kappa shape index (κ1) is 21.3. The normalized spacial score (nSPS) is 12.2. The summed E-state index contributed by atoms with van der Waals surface area (Å²) in [4.78, 5) is 7.74. The molecule has 2 aromatic rings. The van der Waals surface area contributed by atoms with E-state index >= 15 is 0 Å². The Labute approximate surface area is 165 Å². The van der Waals surface area contributed by atoms with Crippen LogP contribution in [-0.4, -0.2) is 9.97 Å². The molecule has 0 saturated heterocycles. The van der Waals surface area contributed by atoms with E-state index in [4.69, 9.17) is 11.6 Å². The maximum atomic E-state index is 6.00. The number of fused-ring (bicyclic) bond motifs is 1. The second-order valence-electron chi connectivity index (χ2n) is 7.92. The zero-order valence-corrected chi connectivity index (χ0v) is 17.8. The molecule has 26 heavy (non-hydrogen) atoms. The first-order valence-electron chi connectivity index (χ1n) is 10.8. The Kier molecular flexibility index (Phi) is 8.98. The summed E-state index contributed by atoms with van der Waals surface area (Å²) >= 11 is 6.00. The Balaban J connectivity index is 1.54. The van der Waals surface area contributed by atoms with Crippen LogP contribution in [0.2, 0.25) is 5.02 Å². The minimum absolute atomic E-state index is 0.624. The number of halogens is 1. The van der Waals surface area contributed by atoms with Crippen LogP contribution in [-0.2, 0) is 6.42 Å². The molecule has 1 N–H and O–H groups in total. The van der Waals surface area contributed by atoms with Gasteiger partial charge in [-0.3, -0.25) is 0 Å². The van der Waals surface area contributed by atoms with Crippen LogP contribution >= 0.6 is 11.6 Å². The fraction of sp³-hybridized carbons (Fsp3) is 0.696. The Morgan fingerprint density at radius 2 is 1.50 bits per heavy atom. The lowest BCUT2D eigenvalue weighted by molar-refractivity contribution is 0.220. The van der Waals surface area contributed by atoms with Crippen molar-refractivity contribution in [3.63, 3.8) is 0 Å². The average Bonchev–Trinajstić information content (AvgIpc) is 3.06. The molecule has 2 aromatic heterocycles. The van der Waals surface area contributed by atoms with Crippen molar-refractivity contribution in [2.24, 2.45) is 5.41 Å². The van der Waals surface area contributed by atoms with E-state index in [0.717, 1.165) is 17.5 Å². The topological polar surface area (TPSA) is 28.7 Å². The van der Waals surface area contributed by atoms with Gasteiger partial charge in [-0.1, -0.05) is 90.2 Å². The van der Waals surface area contributed by atoms with Crippen molar-refractivity contribution in [2.45, 2.75) is 97.8 Å². The van der Waals surface area contributed by atoms with Gasteiger partial charge in [-0.25, -0.2) is 4.98 Å². The maximum absolute atomic E-state index is 6.00. The molecular weight excluding hydrogens is 340 g/mol. The number of nitrogens with one attached hydrogen (secondary N) is 1. The van der Waals surface area contributed by atoms with E-state index in [0.29, 0.717) is 10.4 Å². The first-order chi connectivity index (χ1) is 12.6. The summed E-state index contributed by atoms with van der Waals surface area (Å²) in [5, 5.41) is 1.83. The number of hydrogen-bond donors (Lipinski definition) is 1. The van der Waals surface area contributed by atoms with E-state index in [1.165, 1.54) is 76.3 Å². The van der Waals surface area contributed by atoms with Crippen molar-refractivity contribution >= 4 is 22.6 Å². The minimum Gasteiger partial charge on any atom is -0.343 e. The number of unbranched alkanes of at least 4 members (excludes halogenated alkanes) is 6. The van der Waals surface area contributed by atoms with Crippen LogP contribution in [0.5, 0.6) is 0 Å². The molecule has 0 saturated carbocycles. The van der Waals surface area contributed by atoms with Crippen LogP contribution in [0.25, 0.3) is 11.0 Å². The Hall–Kier alpha value is -1.02. The predicted molar refractivity (Wildman–Crippen MR) is 115 cm³/mol. The van der Waals surface area contributed by atoms with E-state index in [1.807, 2.05) is 6.07 Å². The van der Waals surface area contributed by atoms with Gasteiger partial charge in [-0.15, -0.1) is 0 Å². The number of H-pyrrole nitrogens is 1. The number of pyridine rings is 1. The summed E-state index contributed by atoms with van der Waals surface area (Å²) < 4.78 is 0. The van der Waals surface area contributed by atoms with Gasteiger partial charge in [0.1, 0.15) is 5.65 Å². The van der Waals surface area contributed by atoms with Crippen molar-refractivity contribution < 1.29 is 0 Å². The molecule has 0 atom stereocenters. The molecular formula is C23H37ClN2. The highest BCUT2D eigenvalue weighted by molar-refractivity contribution is 6.31. The van der Waals surface area contributed by atoms with E-state index < -0.39 is 0 Å². The van der Waals surface area contributed by atoms with Crippen molar-refractivity contribution in [3.05, 3.63) is 29.0 Å². The minimum atomic E-state index is 0.624. The van der Waals surface area contributed by atoms with Crippen molar-refractivity contribution in [1.82, 2.24) is 9.97 Å². The van der Waals surface area contributed by atoms with Gasteiger partial charge < -0.3 is 4.98 Å². The number of aromatic amines is 1. The van der Waals surface area contributed by atoms with Crippen LogP contribution in [0.1, 0.15) is 97.1 Å². The van der Waals surface area contributed by atoms with Gasteiger partial charge in [-0.2, -0.15) is 0 Å². The third-order valence-corrected chi connectivity index (χ3v) is 6.60. The number of nitrogens with zero attached hydrogens (tertiary/aromatic N) is 1. The lowest BCUT2D eigenvalue weighted by Crippen LogP contribution is -2.17. The van der Waals surface area contributed by atoms with E-state index in [1.54, 1.807) is 6.20 Å². The van der Waals surface area contributed by atoms with Gasteiger partial charge in [-0.05, 0) is 36.8 Å². The van der Waals surface area contributed by atoms with Crippen LogP contribution in [0, 0.1) is 5.41 Å². The zero-order valence-electron chi connectivity index (χ0n) is 17.0. The zero-order chi connectivity index (χ0) is 18.8. The molecule has 0 aromatic carbocycles. The average molecular weight is 377 g/mol. The van der Waals surface area contributed by atoms with Crippen molar-refractivity contribution in [2.75, 3.05) is 0 Å². The molecule has 0 radical (unpaired) electrons. The molecule has 0 aliphatic rings. The van der Waals surface area contributed by atoms with Gasteiger partial charge in [0, 0.05) is 17.3 Å². The molecule has 0 unspecified atom stereocenters. The molecule has 2 heterocycles. The first-order valence-corrected chi connectivity index (χ1v) is 11.1. The lowest BCUT2D eigenvalue weighted by Gasteiger charge is -2.30. The summed E-state index contributed by atoms with van der Waals surface area (Å²) in [6.07, 6.45) is 17.8. The van der Waals surface area contributed by atoms with E-state index in [9.17, 15) is 0 Å². The van der Waals surface area contributed by atoms with Gasteiger partial charge in [0.25, 0.3) is 0 Å². The molecule has 2 rings (SSSR count). The van der Waals surface area contributed by atoms with Gasteiger partial charge >= 0.3 is 0 Å². The van der Waals surface area contributed by atoms with Crippen LogP contribution in [0.15, 0.2) is 18.3 Å². The molecule has 0 aliphatic heterocycles. The predicted octanol–water partition coefficient (Wildman–Crippen LogP) is 8.10. The summed E-state index contributed by atoms with van der Waals surface area (Å²) in [6.45, 7) is 7.10. The number of aromatic nitrogens is 2. The summed E-state index contributed by atoms with van der Waals surface area (Å²) in [6, 6.07) is 4.17. The fourth-order valence-corrected chi connectivity index (χ4v) is 4.33. The van der Waals surface area contributed by atoms with Crippen molar-refractivity contribution in [3.8, 4) is 0 Å². The smallest absolute Gasteiger partial charge is 0.137 e. The second-order valence-corrected chi connectivity index (χ2v) is 8.36. The fourth-order valence-electron chi connectivity index (χ4n) is 4.16. The molecule has 0 spiro atoms. The third-order valence-electron chi connectivity index (χ3n) is 6.40. The summed E-state index contributed by atoms with van der Waals surface area (Å²) in [7, 11) is 0. The van der Waals surface area contributed by atoms with E-state index in [2.05, 4.69) is 36.8 Å². The van der Waals surface area contributed by atoms with Gasteiger partial charge in [0.05, 0.1) is 5.02 Å². The summed E-state index contributed by atoms with van der Waals surface area (Å²) in [5.41, 5.74) is 2.86. The van der Waals surface area contributed by atoms with Crippen LogP contribution in [0.4, 0.5) is 0 Å². The standard InChI is InChI=1S/C23H37ClN2/c1-4-23(5-2,6-3)15-13-11-9-7-8-10-12-14-21-17-19-16-20(24)18-25-22(19)26-21/h16-18H,4-15H2,1-3H3,(H,25,26). The molecule has 146 valence electrons. The van der Waals surface area contributed by atoms with Gasteiger partial charge in [0.2, 0.25) is 0 Å². The Morgan fingerprint density at radius 1 is 0.885 bits per heavy atom. The van der Waals surface area contributed by atoms with E-state index in [-0.39, 0.29) is 0 Å². The second kappa shape index (κ2) is 11.0. The largest absolute Gasteiger partial charge is 0.343 e.